The van der Waals surface area contributed by atoms with Gasteiger partial charge in [-0.1, -0.05) is 77.1 Å². The highest BCUT2D eigenvalue weighted by atomic mass is 35.5. The SMILES string of the molecule is C=C(CCC(=C)S(N)(=O)=O)CNC(=O)c1ccc(CN(CC2=CC=C(P)CC2)S(=O)(=O)C2C=C(Cl)C=C(Cl)C2O)cc1. The lowest BCUT2D eigenvalue weighted by atomic mass is 10.0. The molecule has 1 aromatic rings. The molecule has 0 bridgehead atoms. The van der Waals surface area contributed by atoms with Crippen LogP contribution in [0.4, 0.5) is 0 Å². The van der Waals surface area contributed by atoms with Crippen molar-refractivity contribution >= 4 is 58.4 Å². The molecule has 42 heavy (non-hydrogen) atoms. The first-order valence-corrected chi connectivity index (χ1v) is 17.3. The number of primary sulfonamides is 1. The standard InChI is InChI=1S/C28H34Cl2N3O6PS2/c1-18(3-4-19(2)41(31,36)37)15-32-28(35)22-9-5-20(6-10-22)16-33(17-21-7-11-24(40)12-8-21)42(38,39)26-14-23(29)13-25(30)27(26)34/h5-7,9-11,13-14,26-27,34H,1-4,8,12,15-17,40H2,(H,32,35)(H2,31,36,37). The van der Waals surface area contributed by atoms with Gasteiger partial charge in [0.05, 0.1) is 4.91 Å². The fourth-order valence-corrected chi connectivity index (χ4v) is 7.35. The van der Waals surface area contributed by atoms with Crippen LogP contribution in [0, 0.1) is 0 Å². The topological polar surface area (TPSA) is 147 Å². The minimum absolute atomic E-state index is 0.0141. The predicted molar refractivity (Wildman–Crippen MR) is 172 cm³/mol. The second-order valence-corrected chi connectivity index (χ2v) is 15.5. The Kier molecular flexibility index (Phi) is 12.0. The number of allylic oxidation sites excluding steroid dienone is 6. The van der Waals surface area contributed by atoms with E-state index in [1.54, 1.807) is 24.3 Å². The minimum Gasteiger partial charge on any atom is -0.386 e. The van der Waals surface area contributed by atoms with Crippen LogP contribution < -0.4 is 10.5 Å². The number of nitrogens with one attached hydrogen (secondary N) is 1. The Labute approximate surface area is 259 Å². The molecule has 3 unspecified atom stereocenters. The van der Waals surface area contributed by atoms with Gasteiger partial charge in [-0.3, -0.25) is 4.79 Å². The average Bonchev–Trinajstić information content (AvgIpc) is 2.92. The van der Waals surface area contributed by atoms with Crippen molar-refractivity contribution in [1.82, 2.24) is 9.62 Å². The number of nitrogens with two attached hydrogens (primary N) is 1. The van der Waals surface area contributed by atoms with Crippen LogP contribution in [-0.4, -0.2) is 56.6 Å². The number of halogens is 2. The number of sulfonamides is 2. The van der Waals surface area contributed by atoms with E-state index in [1.807, 2.05) is 12.2 Å². The van der Waals surface area contributed by atoms with Gasteiger partial charge in [-0.05, 0) is 55.5 Å². The second kappa shape index (κ2) is 14.6. The lowest BCUT2D eigenvalue weighted by Gasteiger charge is -2.31. The molecule has 1 amide bonds. The molecule has 0 radical (unpaired) electrons. The van der Waals surface area contributed by atoms with Crippen LogP contribution in [0.5, 0.6) is 0 Å². The molecular formula is C28H34Cl2N3O6PS2. The van der Waals surface area contributed by atoms with E-state index in [9.17, 15) is 26.7 Å². The molecule has 9 nitrogen and oxygen atoms in total. The number of hydrogen-bond donors (Lipinski definition) is 3. The normalized spacial score (nSPS) is 19.4. The van der Waals surface area contributed by atoms with E-state index in [2.05, 4.69) is 27.7 Å². The van der Waals surface area contributed by atoms with E-state index in [4.69, 9.17) is 28.3 Å². The number of amides is 1. The lowest BCUT2D eigenvalue weighted by molar-refractivity contribution is 0.0956. The van der Waals surface area contributed by atoms with Crippen LogP contribution in [0.3, 0.4) is 0 Å². The van der Waals surface area contributed by atoms with Crippen LogP contribution in [0.15, 0.2) is 93.2 Å². The zero-order valence-corrected chi connectivity index (χ0v) is 27.1. The van der Waals surface area contributed by atoms with Crippen molar-refractivity contribution < 1.29 is 26.7 Å². The highest BCUT2D eigenvalue weighted by molar-refractivity contribution is 7.93. The summed E-state index contributed by atoms with van der Waals surface area (Å²) in [6.07, 6.45) is 6.84. The van der Waals surface area contributed by atoms with Crippen molar-refractivity contribution in [2.75, 3.05) is 13.1 Å². The van der Waals surface area contributed by atoms with Gasteiger partial charge in [-0.25, -0.2) is 22.0 Å². The number of benzene rings is 1. The number of carbonyl (C=O) groups is 1. The second-order valence-electron chi connectivity index (χ2n) is 10.1. The lowest BCUT2D eigenvalue weighted by Crippen LogP contribution is -2.45. The molecule has 3 rings (SSSR count). The maximum Gasteiger partial charge on any atom is 0.251 e. The smallest absolute Gasteiger partial charge is 0.251 e. The Hall–Kier alpha value is -2.08. The number of aliphatic hydroxyl groups excluding tert-OH is 1. The Morgan fingerprint density at radius 3 is 2.33 bits per heavy atom. The molecule has 2 aliphatic carbocycles. The summed E-state index contributed by atoms with van der Waals surface area (Å²) in [7, 11) is -5.29. The summed E-state index contributed by atoms with van der Waals surface area (Å²) in [5, 5.41) is 18.2. The average molecular weight is 675 g/mol. The van der Waals surface area contributed by atoms with Gasteiger partial charge in [0.2, 0.25) is 20.0 Å². The van der Waals surface area contributed by atoms with E-state index in [-0.39, 0.29) is 46.9 Å². The Morgan fingerprint density at radius 1 is 1.07 bits per heavy atom. The summed E-state index contributed by atoms with van der Waals surface area (Å²) in [6.45, 7) is 7.50. The quantitative estimate of drug-likeness (QED) is 0.212. The number of aliphatic hydroxyl groups is 1. The summed E-state index contributed by atoms with van der Waals surface area (Å²) in [5.41, 5.74) is 2.48. The molecule has 1 aromatic carbocycles. The van der Waals surface area contributed by atoms with E-state index in [0.717, 1.165) is 17.3 Å². The first-order chi connectivity index (χ1) is 19.6. The maximum absolute atomic E-state index is 13.8. The Balaban J connectivity index is 1.72. The summed E-state index contributed by atoms with van der Waals surface area (Å²) in [5.74, 6) is -0.378. The van der Waals surface area contributed by atoms with Crippen LogP contribution in [0.25, 0.3) is 0 Å². The van der Waals surface area contributed by atoms with Crippen LogP contribution in [0.1, 0.15) is 41.6 Å². The van der Waals surface area contributed by atoms with Gasteiger partial charge in [-0.15, -0.1) is 9.24 Å². The highest BCUT2D eigenvalue weighted by Gasteiger charge is 2.39. The Morgan fingerprint density at radius 2 is 1.74 bits per heavy atom. The molecule has 4 N–H and O–H groups in total. The third-order valence-corrected chi connectivity index (χ3v) is 10.9. The number of nitrogens with zero attached hydrogens (tertiary/aromatic N) is 1. The van der Waals surface area contributed by atoms with Gasteiger partial charge in [-0.2, -0.15) is 4.31 Å². The maximum atomic E-state index is 13.8. The Bertz CT molecular complexity index is 1580. The van der Waals surface area contributed by atoms with Crippen LogP contribution in [-0.2, 0) is 26.6 Å². The summed E-state index contributed by atoms with van der Waals surface area (Å²) in [4.78, 5) is 12.6. The van der Waals surface area contributed by atoms with Gasteiger partial charge in [0.1, 0.15) is 11.4 Å². The molecule has 14 heteroatoms. The van der Waals surface area contributed by atoms with Crippen molar-refractivity contribution in [3.63, 3.8) is 0 Å². The number of rotatable bonds is 13. The molecule has 3 atom stereocenters. The van der Waals surface area contributed by atoms with Gasteiger partial charge in [0, 0.05) is 35.3 Å². The van der Waals surface area contributed by atoms with E-state index in [0.29, 0.717) is 29.5 Å². The highest BCUT2D eigenvalue weighted by Crippen LogP contribution is 2.31. The summed E-state index contributed by atoms with van der Waals surface area (Å²) in [6, 6.07) is 6.47. The third kappa shape index (κ3) is 9.46. The van der Waals surface area contributed by atoms with E-state index < -0.39 is 31.4 Å². The summed E-state index contributed by atoms with van der Waals surface area (Å²) < 4.78 is 51.5. The molecule has 0 fully saturated rings. The zero-order valence-electron chi connectivity index (χ0n) is 22.8. The molecule has 0 heterocycles. The first kappa shape index (κ1) is 34.4. The van der Waals surface area contributed by atoms with Crippen molar-refractivity contribution in [2.45, 2.75) is 43.6 Å². The van der Waals surface area contributed by atoms with Crippen molar-refractivity contribution in [1.29, 1.82) is 0 Å². The van der Waals surface area contributed by atoms with Gasteiger partial charge in [0.25, 0.3) is 5.91 Å². The predicted octanol–water partition coefficient (Wildman–Crippen LogP) is 4.15. The molecule has 228 valence electrons. The van der Waals surface area contributed by atoms with Crippen molar-refractivity contribution in [3.05, 3.63) is 104 Å². The fourth-order valence-electron chi connectivity index (χ4n) is 4.20. The largest absolute Gasteiger partial charge is 0.386 e. The van der Waals surface area contributed by atoms with Gasteiger partial charge < -0.3 is 10.4 Å². The van der Waals surface area contributed by atoms with Crippen LogP contribution >= 0.6 is 32.4 Å². The van der Waals surface area contributed by atoms with Gasteiger partial charge in [0.15, 0.2) is 0 Å². The molecule has 0 aromatic heterocycles. The monoisotopic (exact) mass is 673 g/mol. The molecule has 0 saturated heterocycles. The molecular weight excluding hydrogens is 640 g/mol. The third-order valence-electron chi connectivity index (χ3n) is 6.78. The zero-order chi connectivity index (χ0) is 31.2. The number of hydrogen-bond acceptors (Lipinski definition) is 6. The van der Waals surface area contributed by atoms with E-state index in [1.165, 1.54) is 16.5 Å². The van der Waals surface area contributed by atoms with Crippen molar-refractivity contribution in [3.8, 4) is 0 Å². The molecule has 0 saturated carbocycles. The van der Waals surface area contributed by atoms with Gasteiger partial charge >= 0.3 is 0 Å². The number of carbonyl (C=O) groups excluding carboxylic acids is 1. The van der Waals surface area contributed by atoms with E-state index >= 15 is 0 Å². The minimum atomic E-state index is -4.13. The molecule has 2 aliphatic rings. The molecule has 0 spiro atoms. The molecule has 0 aliphatic heterocycles. The summed E-state index contributed by atoms with van der Waals surface area (Å²) >= 11 is 12.2. The fraction of sp³-hybridized carbons (Fsp3) is 0.321. The first-order valence-electron chi connectivity index (χ1n) is 12.9. The van der Waals surface area contributed by atoms with Crippen molar-refractivity contribution in [2.24, 2.45) is 5.14 Å². The van der Waals surface area contributed by atoms with Crippen LogP contribution in [0.2, 0.25) is 0 Å².